The smallest absolute Gasteiger partial charge is 0.224 e. The third-order valence-electron chi connectivity index (χ3n) is 2.79. The Morgan fingerprint density at radius 1 is 1.47 bits per heavy atom. The largest absolute Gasteiger partial charge is 0.354 e. The van der Waals surface area contributed by atoms with Crippen LogP contribution in [0.1, 0.15) is 31.5 Å². The molecule has 1 heterocycles. The molecule has 0 aromatic carbocycles. The first-order valence-electron chi connectivity index (χ1n) is 6.38. The first-order chi connectivity index (χ1) is 8.99. The maximum Gasteiger partial charge on any atom is 0.224 e. The Bertz CT molecular complexity index is 487. The first kappa shape index (κ1) is 15.0. The van der Waals surface area contributed by atoms with E-state index >= 15 is 0 Å². The molecule has 102 valence electrons. The SMILES string of the molecule is C=Cc1c(C)nc(NCCC(C)C)nc1N(C)C#N. The van der Waals surface area contributed by atoms with E-state index in [9.17, 15) is 0 Å². The summed E-state index contributed by atoms with van der Waals surface area (Å²) in [4.78, 5) is 10.2. The number of hydrogen-bond acceptors (Lipinski definition) is 5. The van der Waals surface area contributed by atoms with Crippen molar-refractivity contribution >= 4 is 17.8 Å². The summed E-state index contributed by atoms with van der Waals surface area (Å²) in [6.45, 7) is 10.8. The van der Waals surface area contributed by atoms with Gasteiger partial charge in [-0.3, -0.25) is 4.90 Å². The highest BCUT2D eigenvalue weighted by molar-refractivity contribution is 5.67. The van der Waals surface area contributed by atoms with E-state index in [1.54, 1.807) is 13.1 Å². The lowest BCUT2D eigenvalue weighted by atomic mass is 10.1. The Kier molecular flexibility index (Phi) is 5.31. The van der Waals surface area contributed by atoms with Crippen LogP contribution in [0, 0.1) is 24.3 Å². The van der Waals surface area contributed by atoms with Gasteiger partial charge in [-0.05, 0) is 19.3 Å². The Morgan fingerprint density at radius 2 is 2.16 bits per heavy atom. The maximum atomic E-state index is 9.00. The van der Waals surface area contributed by atoms with Gasteiger partial charge in [-0.2, -0.15) is 10.2 Å². The number of hydrogen-bond donors (Lipinski definition) is 1. The monoisotopic (exact) mass is 259 g/mol. The highest BCUT2D eigenvalue weighted by atomic mass is 15.2. The van der Waals surface area contributed by atoms with Gasteiger partial charge in [0.05, 0.1) is 5.69 Å². The molecule has 1 rings (SSSR count). The Labute approximate surface area is 115 Å². The van der Waals surface area contributed by atoms with Crippen LogP contribution in [-0.4, -0.2) is 23.6 Å². The molecule has 1 aromatic heterocycles. The number of nitrogens with one attached hydrogen (secondary N) is 1. The lowest BCUT2D eigenvalue weighted by molar-refractivity contribution is 0.606. The minimum Gasteiger partial charge on any atom is -0.354 e. The fourth-order valence-corrected chi connectivity index (χ4v) is 1.66. The van der Waals surface area contributed by atoms with Crippen molar-refractivity contribution in [2.45, 2.75) is 27.2 Å². The molecular formula is C14H21N5. The van der Waals surface area contributed by atoms with Gasteiger partial charge in [-0.15, -0.1) is 0 Å². The predicted octanol–water partition coefficient (Wildman–Crippen LogP) is 2.80. The van der Waals surface area contributed by atoms with E-state index in [4.69, 9.17) is 5.26 Å². The van der Waals surface area contributed by atoms with Crippen molar-refractivity contribution in [1.29, 1.82) is 5.26 Å². The molecule has 0 aliphatic carbocycles. The fraction of sp³-hybridized carbons (Fsp3) is 0.500. The quantitative estimate of drug-likeness (QED) is 0.628. The highest BCUT2D eigenvalue weighted by Crippen LogP contribution is 2.22. The molecule has 0 fully saturated rings. The third kappa shape index (κ3) is 3.95. The molecule has 5 heteroatoms. The van der Waals surface area contributed by atoms with Gasteiger partial charge in [0.1, 0.15) is 0 Å². The summed E-state index contributed by atoms with van der Waals surface area (Å²) in [5.41, 5.74) is 1.60. The van der Waals surface area contributed by atoms with E-state index < -0.39 is 0 Å². The second-order valence-corrected chi connectivity index (χ2v) is 4.84. The molecule has 0 spiro atoms. The van der Waals surface area contributed by atoms with Crippen LogP contribution >= 0.6 is 0 Å². The molecule has 0 amide bonds. The number of nitrogens with zero attached hydrogens (tertiary/aromatic N) is 4. The normalized spacial score (nSPS) is 10.1. The van der Waals surface area contributed by atoms with Crippen molar-refractivity contribution in [2.24, 2.45) is 5.92 Å². The molecule has 0 unspecified atom stereocenters. The summed E-state index contributed by atoms with van der Waals surface area (Å²) in [6, 6.07) is 0. The molecule has 0 saturated carbocycles. The number of rotatable bonds is 6. The van der Waals surface area contributed by atoms with Crippen molar-refractivity contribution in [1.82, 2.24) is 9.97 Å². The van der Waals surface area contributed by atoms with E-state index in [0.29, 0.717) is 17.7 Å². The van der Waals surface area contributed by atoms with Crippen LogP contribution < -0.4 is 10.2 Å². The van der Waals surface area contributed by atoms with Gasteiger partial charge >= 0.3 is 0 Å². The van der Waals surface area contributed by atoms with Crippen LogP contribution in [0.15, 0.2) is 6.58 Å². The number of aromatic nitrogens is 2. The fourth-order valence-electron chi connectivity index (χ4n) is 1.66. The van der Waals surface area contributed by atoms with E-state index in [1.165, 1.54) is 4.90 Å². The van der Waals surface area contributed by atoms with Crippen LogP contribution in [0.3, 0.4) is 0 Å². The average Bonchev–Trinajstić information content (AvgIpc) is 2.36. The van der Waals surface area contributed by atoms with E-state index in [-0.39, 0.29) is 0 Å². The van der Waals surface area contributed by atoms with Crippen molar-refractivity contribution in [3.05, 3.63) is 17.8 Å². The second-order valence-electron chi connectivity index (χ2n) is 4.84. The number of anilines is 2. The van der Waals surface area contributed by atoms with Gasteiger partial charge in [-0.25, -0.2) is 4.98 Å². The van der Waals surface area contributed by atoms with Crippen molar-refractivity contribution < 1.29 is 0 Å². The minimum atomic E-state index is 0.556. The average molecular weight is 259 g/mol. The van der Waals surface area contributed by atoms with Crippen LogP contribution in [0.4, 0.5) is 11.8 Å². The molecule has 1 N–H and O–H groups in total. The Balaban J connectivity index is 2.99. The van der Waals surface area contributed by atoms with Crippen molar-refractivity contribution in [2.75, 3.05) is 23.8 Å². The lowest BCUT2D eigenvalue weighted by Crippen LogP contribution is -2.16. The molecule has 5 nitrogen and oxygen atoms in total. The van der Waals surface area contributed by atoms with Crippen molar-refractivity contribution in [3.8, 4) is 6.19 Å². The number of aryl methyl sites for hydroxylation is 1. The Hall–Kier alpha value is -2.09. The first-order valence-corrected chi connectivity index (χ1v) is 6.38. The molecule has 19 heavy (non-hydrogen) atoms. The van der Waals surface area contributed by atoms with E-state index in [2.05, 4.69) is 41.9 Å². The third-order valence-corrected chi connectivity index (χ3v) is 2.79. The molecule has 1 aromatic rings. The summed E-state index contributed by atoms with van der Waals surface area (Å²) < 4.78 is 0. The second kappa shape index (κ2) is 6.74. The summed E-state index contributed by atoms with van der Waals surface area (Å²) >= 11 is 0. The topological polar surface area (TPSA) is 64.8 Å². The summed E-state index contributed by atoms with van der Waals surface area (Å²) in [5, 5.41) is 12.2. The zero-order chi connectivity index (χ0) is 14.4. The van der Waals surface area contributed by atoms with Gasteiger partial charge in [0, 0.05) is 19.2 Å². The molecule has 0 atom stereocenters. The highest BCUT2D eigenvalue weighted by Gasteiger charge is 2.12. The number of nitriles is 1. The van der Waals surface area contributed by atoms with Gasteiger partial charge < -0.3 is 5.32 Å². The predicted molar refractivity (Wildman–Crippen MR) is 78.8 cm³/mol. The van der Waals surface area contributed by atoms with Crippen LogP contribution in [-0.2, 0) is 0 Å². The van der Waals surface area contributed by atoms with Gasteiger partial charge in [0.2, 0.25) is 5.95 Å². The molecule has 0 bridgehead atoms. The molecule has 0 radical (unpaired) electrons. The Morgan fingerprint density at radius 3 is 2.68 bits per heavy atom. The minimum absolute atomic E-state index is 0.556. The maximum absolute atomic E-state index is 9.00. The zero-order valence-electron chi connectivity index (χ0n) is 12.1. The lowest BCUT2D eigenvalue weighted by Gasteiger charge is -2.15. The molecule has 0 aliphatic rings. The summed E-state index contributed by atoms with van der Waals surface area (Å²) in [7, 11) is 1.67. The molecule has 0 aliphatic heterocycles. The summed E-state index contributed by atoms with van der Waals surface area (Å²) in [5.74, 6) is 1.76. The van der Waals surface area contributed by atoms with Crippen molar-refractivity contribution in [3.63, 3.8) is 0 Å². The zero-order valence-corrected chi connectivity index (χ0v) is 12.1. The van der Waals surface area contributed by atoms with Gasteiger partial charge in [-0.1, -0.05) is 26.5 Å². The van der Waals surface area contributed by atoms with Crippen LogP contribution in [0.2, 0.25) is 0 Å². The van der Waals surface area contributed by atoms with Crippen LogP contribution in [0.5, 0.6) is 0 Å². The van der Waals surface area contributed by atoms with Gasteiger partial charge in [0.25, 0.3) is 0 Å². The molecule has 0 saturated heterocycles. The molecular weight excluding hydrogens is 238 g/mol. The van der Waals surface area contributed by atoms with Gasteiger partial charge in [0.15, 0.2) is 12.0 Å². The summed E-state index contributed by atoms with van der Waals surface area (Å²) in [6.07, 6.45) is 4.78. The van der Waals surface area contributed by atoms with E-state index in [0.717, 1.165) is 24.2 Å². The van der Waals surface area contributed by atoms with E-state index in [1.807, 2.05) is 6.92 Å². The van der Waals surface area contributed by atoms with Crippen LogP contribution in [0.25, 0.3) is 6.08 Å². The standard InChI is InChI=1S/C14H21N5/c1-6-12-11(4)17-14(16-8-7-10(2)3)18-13(12)19(5)9-15/h6,10H,1,7-8H2,2-5H3,(H,16,17,18).